The zero-order chi connectivity index (χ0) is 19.0. The van der Waals surface area contributed by atoms with Gasteiger partial charge >= 0.3 is 0 Å². The van der Waals surface area contributed by atoms with Crippen LogP contribution in [0.1, 0.15) is 18.4 Å². The van der Waals surface area contributed by atoms with Gasteiger partial charge in [0.25, 0.3) is 5.19 Å². The lowest BCUT2D eigenvalue weighted by Crippen LogP contribution is -2.41. The molecule has 1 saturated heterocycles. The molecule has 0 radical (unpaired) electrons. The molecule has 0 N–H and O–H groups in total. The summed E-state index contributed by atoms with van der Waals surface area (Å²) in [4.78, 5) is 4.77. The molecule has 2 aromatic carbocycles. The molecule has 5 nitrogen and oxygen atoms in total. The van der Waals surface area contributed by atoms with E-state index in [4.69, 9.17) is 16.3 Å². The number of para-hydroxylation sites is 1. The molecule has 0 bridgehead atoms. The number of rotatable bonds is 4. The Balaban J connectivity index is 1.44. The number of fused-ring (bicyclic) bond motifs is 1. The fourth-order valence-electron chi connectivity index (χ4n) is 3.24. The molecule has 1 aliphatic rings. The Bertz CT molecular complexity index is 1040. The maximum atomic E-state index is 13.0. The van der Waals surface area contributed by atoms with E-state index < -0.39 is 10.0 Å². The van der Waals surface area contributed by atoms with Crippen LogP contribution in [0, 0.1) is 6.92 Å². The number of thiazole rings is 1. The maximum Gasteiger partial charge on any atom is 0.274 e. The monoisotopic (exact) mass is 422 g/mol. The van der Waals surface area contributed by atoms with Crippen molar-refractivity contribution in [3.05, 3.63) is 53.1 Å². The van der Waals surface area contributed by atoms with Crippen molar-refractivity contribution < 1.29 is 13.2 Å². The van der Waals surface area contributed by atoms with Gasteiger partial charge in [-0.05, 0) is 49.6 Å². The molecule has 1 fully saturated rings. The van der Waals surface area contributed by atoms with Crippen molar-refractivity contribution in [1.29, 1.82) is 0 Å². The predicted molar refractivity (Wildman–Crippen MR) is 108 cm³/mol. The molecule has 1 aliphatic heterocycles. The highest BCUT2D eigenvalue weighted by Gasteiger charge is 2.31. The van der Waals surface area contributed by atoms with Crippen molar-refractivity contribution >= 4 is 43.2 Å². The molecule has 0 saturated carbocycles. The molecule has 2 heterocycles. The minimum absolute atomic E-state index is 0.0301. The van der Waals surface area contributed by atoms with Crippen LogP contribution in [0.25, 0.3) is 10.2 Å². The van der Waals surface area contributed by atoms with Crippen LogP contribution in [0.15, 0.2) is 47.4 Å². The number of benzene rings is 2. The van der Waals surface area contributed by atoms with Crippen molar-refractivity contribution in [3.8, 4) is 5.19 Å². The number of nitrogens with zero attached hydrogens (tertiary/aromatic N) is 2. The normalized spacial score (nSPS) is 16.7. The van der Waals surface area contributed by atoms with Crippen molar-refractivity contribution in [2.45, 2.75) is 30.8 Å². The maximum absolute atomic E-state index is 13.0. The van der Waals surface area contributed by atoms with Gasteiger partial charge in [-0.1, -0.05) is 41.1 Å². The van der Waals surface area contributed by atoms with Crippen LogP contribution in [-0.2, 0) is 10.0 Å². The lowest BCUT2D eigenvalue weighted by Gasteiger charge is -2.31. The van der Waals surface area contributed by atoms with E-state index in [1.807, 2.05) is 24.3 Å². The number of halogens is 1. The minimum atomic E-state index is -3.55. The summed E-state index contributed by atoms with van der Waals surface area (Å²) in [6, 6.07) is 12.9. The van der Waals surface area contributed by atoms with Gasteiger partial charge in [0.2, 0.25) is 10.0 Å². The summed E-state index contributed by atoms with van der Waals surface area (Å²) < 4.78 is 34.5. The van der Waals surface area contributed by atoms with Crippen LogP contribution in [0.3, 0.4) is 0 Å². The van der Waals surface area contributed by atoms with Crippen LogP contribution in [-0.4, -0.2) is 36.9 Å². The summed E-state index contributed by atoms with van der Waals surface area (Å²) in [6.07, 6.45) is 1.24. The van der Waals surface area contributed by atoms with E-state index in [1.54, 1.807) is 25.1 Å². The zero-order valence-electron chi connectivity index (χ0n) is 14.8. The Morgan fingerprint density at radius 1 is 1.15 bits per heavy atom. The molecule has 1 aromatic heterocycles. The van der Waals surface area contributed by atoms with Gasteiger partial charge in [-0.2, -0.15) is 4.31 Å². The van der Waals surface area contributed by atoms with Gasteiger partial charge in [0.15, 0.2) is 0 Å². The summed E-state index contributed by atoms with van der Waals surface area (Å²) >= 11 is 7.61. The lowest BCUT2D eigenvalue weighted by atomic mass is 10.1. The molecule has 0 spiro atoms. The highest BCUT2D eigenvalue weighted by molar-refractivity contribution is 7.89. The average molecular weight is 423 g/mol. The van der Waals surface area contributed by atoms with Crippen molar-refractivity contribution in [2.75, 3.05) is 13.1 Å². The largest absolute Gasteiger partial charge is 0.467 e. The Labute approximate surface area is 167 Å². The Hall–Kier alpha value is -1.67. The van der Waals surface area contributed by atoms with Crippen LogP contribution in [0.4, 0.5) is 0 Å². The first-order chi connectivity index (χ1) is 12.9. The predicted octanol–water partition coefficient (Wildman–Crippen LogP) is 4.49. The first-order valence-corrected chi connectivity index (χ1v) is 11.4. The molecular weight excluding hydrogens is 404 g/mol. The van der Waals surface area contributed by atoms with Crippen LogP contribution >= 0.6 is 22.9 Å². The standard InChI is InChI=1S/C19H19ClN2O3S2/c1-13-15(20)5-4-8-18(13)27(23,24)22-11-9-14(10-12-22)25-19-21-16-6-2-3-7-17(16)26-19/h2-8,14H,9-12H2,1H3. The number of piperidine rings is 1. The van der Waals surface area contributed by atoms with Crippen molar-refractivity contribution in [3.63, 3.8) is 0 Å². The number of ether oxygens (including phenoxy) is 1. The summed E-state index contributed by atoms with van der Waals surface area (Å²) in [7, 11) is -3.55. The summed E-state index contributed by atoms with van der Waals surface area (Å²) in [5, 5.41) is 1.10. The SMILES string of the molecule is Cc1c(Cl)cccc1S(=O)(=O)N1CCC(Oc2nc3ccccc3s2)CC1. The van der Waals surface area contributed by atoms with Crippen LogP contribution in [0.5, 0.6) is 5.19 Å². The first kappa shape index (κ1) is 18.7. The summed E-state index contributed by atoms with van der Waals surface area (Å²) in [5.41, 5.74) is 1.51. The molecule has 3 aromatic rings. The minimum Gasteiger partial charge on any atom is -0.467 e. The quantitative estimate of drug-likeness (QED) is 0.621. The van der Waals surface area contributed by atoms with Gasteiger partial charge in [0.1, 0.15) is 6.10 Å². The number of sulfonamides is 1. The Kier molecular flexibility index (Phi) is 5.11. The van der Waals surface area contributed by atoms with Gasteiger partial charge < -0.3 is 4.74 Å². The second-order valence-corrected chi connectivity index (χ2v) is 9.84. The van der Waals surface area contributed by atoms with Crippen molar-refractivity contribution in [2.24, 2.45) is 0 Å². The molecular formula is C19H19ClN2O3S2. The molecule has 142 valence electrons. The van der Waals surface area contributed by atoms with Crippen molar-refractivity contribution in [1.82, 2.24) is 9.29 Å². The fourth-order valence-corrected chi connectivity index (χ4v) is 6.07. The molecule has 0 aliphatic carbocycles. The van der Waals surface area contributed by atoms with Gasteiger partial charge in [0, 0.05) is 18.1 Å². The summed E-state index contributed by atoms with van der Waals surface area (Å²) in [6.45, 7) is 2.58. The topological polar surface area (TPSA) is 59.5 Å². The van der Waals surface area contributed by atoms with E-state index in [2.05, 4.69) is 4.98 Å². The Morgan fingerprint density at radius 3 is 2.63 bits per heavy atom. The molecule has 0 atom stereocenters. The first-order valence-electron chi connectivity index (χ1n) is 8.72. The van der Waals surface area contributed by atoms with E-state index in [-0.39, 0.29) is 11.0 Å². The van der Waals surface area contributed by atoms with Gasteiger partial charge in [-0.3, -0.25) is 0 Å². The van der Waals surface area contributed by atoms with Crippen LogP contribution < -0.4 is 4.74 Å². The van der Waals surface area contributed by atoms with E-state index in [0.717, 1.165) is 10.2 Å². The van der Waals surface area contributed by atoms with E-state index in [9.17, 15) is 8.42 Å². The third kappa shape index (κ3) is 3.69. The third-order valence-corrected chi connectivity index (χ3v) is 8.16. The molecule has 4 rings (SSSR count). The molecule has 0 unspecified atom stereocenters. The van der Waals surface area contributed by atoms with E-state index in [0.29, 0.717) is 41.7 Å². The van der Waals surface area contributed by atoms with E-state index in [1.165, 1.54) is 15.6 Å². The van der Waals surface area contributed by atoms with Gasteiger partial charge in [-0.15, -0.1) is 0 Å². The third-order valence-electron chi connectivity index (χ3n) is 4.78. The highest BCUT2D eigenvalue weighted by Crippen LogP contribution is 2.31. The smallest absolute Gasteiger partial charge is 0.274 e. The Morgan fingerprint density at radius 2 is 1.89 bits per heavy atom. The lowest BCUT2D eigenvalue weighted by molar-refractivity contribution is 0.135. The number of hydrogen-bond donors (Lipinski definition) is 0. The van der Waals surface area contributed by atoms with Gasteiger partial charge in [-0.25, -0.2) is 13.4 Å². The zero-order valence-corrected chi connectivity index (χ0v) is 17.1. The highest BCUT2D eigenvalue weighted by atomic mass is 35.5. The second kappa shape index (κ2) is 7.39. The summed E-state index contributed by atoms with van der Waals surface area (Å²) in [5.74, 6) is 0. The van der Waals surface area contributed by atoms with Gasteiger partial charge in [0.05, 0.1) is 15.1 Å². The average Bonchev–Trinajstić information content (AvgIpc) is 3.06. The number of aromatic nitrogens is 1. The fraction of sp³-hybridized carbons (Fsp3) is 0.316. The van der Waals surface area contributed by atoms with Crippen LogP contribution in [0.2, 0.25) is 5.02 Å². The van der Waals surface area contributed by atoms with E-state index >= 15 is 0 Å². The molecule has 0 amide bonds. The second-order valence-electron chi connectivity index (χ2n) is 6.53. The number of hydrogen-bond acceptors (Lipinski definition) is 5. The molecule has 8 heteroatoms. The molecule has 27 heavy (non-hydrogen) atoms.